The van der Waals surface area contributed by atoms with Crippen LogP contribution in [-0.2, 0) is 33.0 Å². The zero-order valence-electron chi connectivity index (χ0n) is 2.36. The van der Waals surface area contributed by atoms with Crippen LogP contribution in [0.3, 0.4) is 0 Å². The molecule has 0 aliphatic heterocycles. The Morgan fingerprint density at radius 2 is 0.400 bits per heavy atom. The standard InChI is InChI=1S/3In.2Ni. The van der Waals surface area contributed by atoms with Gasteiger partial charge in [0.2, 0.25) is 0 Å². The van der Waals surface area contributed by atoms with E-state index in [-0.39, 0.29) is 111 Å². The minimum absolute atomic E-state index is 0. The van der Waals surface area contributed by atoms with Crippen molar-refractivity contribution in [3.05, 3.63) is 0 Å². The molecule has 0 aliphatic rings. The SMILES string of the molecule is [In].[In].[In].[Ni].[Ni]. The largest absolute Gasteiger partial charge is 0 e. The van der Waals surface area contributed by atoms with Crippen LogP contribution in [0.5, 0.6) is 0 Å². The third-order valence-electron chi connectivity index (χ3n) is 0. The second-order valence-electron chi connectivity index (χ2n) is 0. The average molecular weight is 462 g/mol. The molecule has 0 aromatic heterocycles. The molecule has 0 amide bonds. The van der Waals surface area contributed by atoms with Gasteiger partial charge in [0, 0.05) is 111 Å². The quantitative estimate of drug-likeness (QED) is 0.400. The first-order valence-corrected chi connectivity index (χ1v) is 0. The zero-order valence-corrected chi connectivity index (χ0v) is 14.2. The number of hydrogen-bond acceptors (Lipinski definition) is 0. The molecule has 0 heterocycles. The Balaban J connectivity index is 0. The van der Waals surface area contributed by atoms with Crippen molar-refractivity contribution in [1.82, 2.24) is 0 Å². The Kier molecular flexibility index (Phi) is 196. The Hall–Kier alpha value is 3.60. The van der Waals surface area contributed by atoms with E-state index in [0.29, 0.717) is 0 Å². The summed E-state index contributed by atoms with van der Waals surface area (Å²) in [4.78, 5) is 0. The van der Waals surface area contributed by atoms with Gasteiger partial charge in [0.05, 0.1) is 0 Å². The summed E-state index contributed by atoms with van der Waals surface area (Å²) in [6.07, 6.45) is 0. The fourth-order valence-electron chi connectivity index (χ4n) is 0. The van der Waals surface area contributed by atoms with Crippen LogP contribution in [0, 0.1) is 0 Å². The fourth-order valence-corrected chi connectivity index (χ4v) is 0. The molecular weight excluding hydrogens is 462 g/mol. The first-order chi connectivity index (χ1) is 0. The van der Waals surface area contributed by atoms with Crippen LogP contribution in [0.1, 0.15) is 0 Å². The average Bonchev–Trinajstić information content (AvgIpc) is 0. The number of rotatable bonds is 0. The van der Waals surface area contributed by atoms with Crippen LogP contribution in [0.25, 0.3) is 0 Å². The van der Waals surface area contributed by atoms with Crippen LogP contribution in [0.15, 0.2) is 0 Å². The minimum Gasteiger partial charge on any atom is 0 e. The first-order valence-electron chi connectivity index (χ1n) is 0. The van der Waals surface area contributed by atoms with E-state index < -0.39 is 0 Å². The molecule has 0 nitrogen and oxygen atoms in total. The molecule has 0 N–H and O–H groups in total. The van der Waals surface area contributed by atoms with Gasteiger partial charge in [-0.3, -0.25) is 0 Å². The van der Waals surface area contributed by atoms with E-state index in [9.17, 15) is 0 Å². The van der Waals surface area contributed by atoms with Crippen LogP contribution in [0.4, 0.5) is 0 Å². The van der Waals surface area contributed by atoms with E-state index in [4.69, 9.17) is 0 Å². The Labute approximate surface area is 108 Å². The third-order valence-corrected chi connectivity index (χ3v) is 0. The molecule has 0 rings (SSSR count). The summed E-state index contributed by atoms with van der Waals surface area (Å²) in [5.41, 5.74) is 0. The van der Waals surface area contributed by atoms with E-state index in [1.165, 1.54) is 0 Å². The predicted octanol–water partition coefficient (Wildman–Crippen LogP) is -1.15. The molecule has 0 aromatic rings. The van der Waals surface area contributed by atoms with E-state index >= 15 is 0 Å². The molecule has 0 unspecified atom stereocenters. The van der Waals surface area contributed by atoms with Crippen LogP contribution < -0.4 is 0 Å². The van der Waals surface area contributed by atoms with E-state index in [1.807, 2.05) is 0 Å². The van der Waals surface area contributed by atoms with Gasteiger partial charge in [-0.2, -0.15) is 0 Å². The molecule has 29 valence electrons. The van der Waals surface area contributed by atoms with Gasteiger partial charge in [-0.05, 0) is 0 Å². The van der Waals surface area contributed by atoms with Crippen molar-refractivity contribution in [3.63, 3.8) is 0 Å². The van der Waals surface area contributed by atoms with E-state index in [2.05, 4.69) is 0 Å². The molecule has 9 radical (unpaired) electrons. The van der Waals surface area contributed by atoms with Gasteiger partial charge in [0.15, 0.2) is 0 Å². The molecular formula is In3Ni2. The molecule has 0 aromatic carbocycles. The second kappa shape index (κ2) is 25.6. The van der Waals surface area contributed by atoms with Gasteiger partial charge in [0.25, 0.3) is 0 Å². The van der Waals surface area contributed by atoms with Gasteiger partial charge in [-0.1, -0.05) is 0 Å². The van der Waals surface area contributed by atoms with Crippen molar-refractivity contribution >= 4 is 77.5 Å². The third kappa shape index (κ3) is 18.4. The van der Waals surface area contributed by atoms with Gasteiger partial charge < -0.3 is 0 Å². The molecule has 0 bridgehead atoms. The van der Waals surface area contributed by atoms with Crippen molar-refractivity contribution < 1.29 is 33.0 Å². The number of hydrogen-bond donors (Lipinski definition) is 0. The Morgan fingerprint density at radius 3 is 0.400 bits per heavy atom. The van der Waals surface area contributed by atoms with Crippen molar-refractivity contribution in [2.24, 2.45) is 0 Å². The molecule has 0 aliphatic carbocycles. The minimum atomic E-state index is 0. The maximum Gasteiger partial charge on any atom is 0 e. The Morgan fingerprint density at radius 1 is 0.400 bits per heavy atom. The maximum atomic E-state index is 0. The zero-order chi connectivity index (χ0) is 0. The monoisotopic (exact) mass is 461 g/mol. The summed E-state index contributed by atoms with van der Waals surface area (Å²) in [7, 11) is 0. The molecule has 5 heteroatoms. The Bertz CT molecular complexity index is 4.85. The van der Waals surface area contributed by atoms with Crippen molar-refractivity contribution in [3.8, 4) is 0 Å². The van der Waals surface area contributed by atoms with Crippen molar-refractivity contribution in [2.75, 3.05) is 0 Å². The normalized spacial score (nSPS) is 0. The summed E-state index contributed by atoms with van der Waals surface area (Å²) < 4.78 is 0. The summed E-state index contributed by atoms with van der Waals surface area (Å²) in [6.45, 7) is 0. The van der Waals surface area contributed by atoms with Gasteiger partial charge in [-0.25, -0.2) is 0 Å². The predicted molar refractivity (Wildman–Crippen MR) is 17.3 cm³/mol. The molecule has 0 saturated carbocycles. The maximum absolute atomic E-state index is 0. The van der Waals surface area contributed by atoms with Gasteiger partial charge in [-0.15, -0.1) is 0 Å². The fraction of sp³-hybridized carbons (Fsp3) is 0. The van der Waals surface area contributed by atoms with Crippen molar-refractivity contribution in [1.29, 1.82) is 0 Å². The summed E-state index contributed by atoms with van der Waals surface area (Å²) in [5.74, 6) is 0. The van der Waals surface area contributed by atoms with Crippen LogP contribution in [-0.4, -0.2) is 77.5 Å². The topological polar surface area (TPSA) is 0 Å². The molecule has 0 saturated heterocycles. The molecule has 5 heavy (non-hydrogen) atoms. The van der Waals surface area contributed by atoms with E-state index in [1.54, 1.807) is 0 Å². The first kappa shape index (κ1) is 38.3. The second-order valence-corrected chi connectivity index (χ2v) is 0. The smallest absolute Gasteiger partial charge is 0 e. The van der Waals surface area contributed by atoms with Crippen LogP contribution in [0.2, 0.25) is 0 Å². The molecule has 0 spiro atoms. The summed E-state index contributed by atoms with van der Waals surface area (Å²) in [6, 6.07) is 0. The summed E-state index contributed by atoms with van der Waals surface area (Å²) >= 11 is 0. The molecule has 0 atom stereocenters. The molecule has 0 fully saturated rings. The van der Waals surface area contributed by atoms with E-state index in [0.717, 1.165) is 0 Å². The van der Waals surface area contributed by atoms with Crippen molar-refractivity contribution in [2.45, 2.75) is 0 Å². The van der Waals surface area contributed by atoms with Gasteiger partial charge >= 0.3 is 0 Å². The summed E-state index contributed by atoms with van der Waals surface area (Å²) in [5, 5.41) is 0. The van der Waals surface area contributed by atoms with Gasteiger partial charge in [0.1, 0.15) is 0 Å². The van der Waals surface area contributed by atoms with Crippen LogP contribution >= 0.6 is 0 Å².